The monoisotopic (exact) mass is 230 g/mol. The number of rotatable bonds is 12. The summed E-state index contributed by atoms with van der Waals surface area (Å²) in [6.07, 6.45) is 8.83. The molecule has 0 aliphatic rings. The molecule has 0 spiro atoms. The summed E-state index contributed by atoms with van der Waals surface area (Å²) in [5.74, 6) is 0. The smallest absolute Gasteiger partial charge is 0.119 e. The fraction of sp³-hybridized carbons (Fsp3) is 0.917. The molecular weight excluding hydrogens is 204 g/mol. The summed E-state index contributed by atoms with van der Waals surface area (Å²) in [6.45, 7) is 1.21. The highest BCUT2D eigenvalue weighted by Crippen LogP contribution is 2.01. The number of aldehydes is 1. The highest BCUT2D eigenvalue weighted by atomic mass is 16.2. The van der Waals surface area contributed by atoms with Crippen molar-refractivity contribution in [1.29, 1.82) is 0 Å². The van der Waals surface area contributed by atoms with Crippen LogP contribution in [0.5, 0.6) is 0 Å². The third-order valence-corrected chi connectivity index (χ3v) is 2.58. The second-order valence-corrected chi connectivity index (χ2v) is 4.15. The third kappa shape index (κ3) is 11.6. The maximum atomic E-state index is 10.1. The third-order valence-electron chi connectivity index (χ3n) is 2.58. The molecule has 0 saturated heterocycles. The lowest BCUT2D eigenvalue weighted by molar-refractivity contribution is -0.107. The Morgan fingerprint density at radius 3 is 2.56 bits per heavy atom. The van der Waals surface area contributed by atoms with E-state index in [9.17, 15) is 4.79 Å². The van der Waals surface area contributed by atoms with Crippen molar-refractivity contribution in [2.24, 2.45) is 5.73 Å². The Morgan fingerprint density at radius 1 is 1.12 bits per heavy atom. The Morgan fingerprint density at radius 2 is 1.88 bits per heavy atom. The second-order valence-electron chi connectivity index (χ2n) is 4.15. The van der Waals surface area contributed by atoms with Gasteiger partial charge in [0, 0.05) is 13.0 Å². The zero-order valence-electron chi connectivity index (χ0n) is 10.2. The van der Waals surface area contributed by atoms with Crippen LogP contribution in [0, 0.1) is 0 Å². The van der Waals surface area contributed by atoms with E-state index in [1.165, 1.54) is 0 Å². The predicted octanol–water partition coefficient (Wildman–Crippen LogP) is 1.17. The minimum absolute atomic E-state index is 0.0739. The van der Waals surface area contributed by atoms with Gasteiger partial charge in [-0.05, 0) is 32.2 Å². The van der Waals surface area contributed by atoms with Gasteiger partial charge in [0.15, 0.2) is 0 Å². The summed E-state index contributed by atoms with van der Waals surface area (Å²) in [5, 5.41) is 11.9. The molecule has 0 aromatic carbocycles. The molecule has 0 radical (unpaired) electrons. The van der Waals surface area contributed by atoms with Gasteiger partial charge in [0.05, 0.1) is 6.17 Å². The first-order valence-corrected chi connectivity index (χ1v) is 6.34. The molecule has 0 bridgehead atoms. The van der Waals surface area contributed by atoms with Gasteiger partial charge in [-0.3, -0.25) is 0 Å². The topological polar surface area (TPSA) is 75.3 Å². The zero-order valence-corrected chi connectivity index (χ0v) is 10.2. The lowest BCUT2D eigenvalue weighted by Crippen LogP contribution is -2.37. The van der Waals surface area contributed by atoms with Crippen molar-refractivity contribution < 1.29 is 9.90 Å². The Bertz CT molecular complexity index is 154. The second kappa shape index (κ2) is 12.6. The molecule has 0 saturated carbocycles. The Balaban J connectivity index is 3.10. The highest BCUT2D eigenvalue weighted by Gasteiger charge is 2.00. The average molecular weight is 230 g/mol. The van der Waals surface area contributed by atoms with E-state index in [4.69, 9.17) is 10.8 Å². The van der Waals surface area contributed by atoms with E-state index in [0.29, 0.717) is 6.42 Å². The SMILES string of the molecule is NC(CCCCCO)NCCCCCC=O. The highest BCUT2D eigenvalue weighted by molar-refractivity contribution is 5.48. The van der Waals surface area contributed by atoms with Gasteiger partial charge in [-0.1, -0.05) is 19.3 Å². The summed E-state index contributed by atoms with van der Waals surface area (Å²) >= 11 is 0. The van der Waals surface area contributed by atoms with Gasteiger partial charge in [0.1, 0.15) is 6.29 Å². The van der Waals surface area contributed by atoms with Crippen molar-refractivity contribution in [3.63, 3.8) is 0 Å². The van der Waals surface area contributed by atoms with Crippen LogP contribution in [0.4, 0.5) is 0 Å². The first-order chi connectivity index (χ1) is 7.81. The molecule has 0 heterocycles. The predicted molar refractivity (Wildman–Crippen MR) is 66.1 cm³/mol. The van der Waals surface area contributed by atoms with E-state index in [2.05, 4.69) is 5.32 Å². The fourth-order valence-corrected chi connectivity index (χ4v) is 1.57. The lowest BCUT2D eigenvalue weighted by Gasteiger charge is -2.13. The molecule has 16 heavy (non-hydrogen) atoms. The molecule has 0 fully saturated rings. The summed E-state index contributed by atoms with van der Waals surface area (Å²) in [6, 6.07) is 0. The molecule has 4 nitrogen and oxygen atoms in total. The number of carbonyl (C=O) groups is 1. The molecule has 0 aromatic heterocycles. The number of aliphatic hydroxyl groups excluding tert-OH is 1. The minimum Gasteiger partial charge on any atom is -0.396 e. The van der Waals surface area contributed by atoms with Gasteiger partial charge in [-0.15, -0.1) is 0 Å². The molecule has 0 aromatic rings. The van der Waals surface area contributed by atoms with Gasteiger partial charge >= 0.3 is 0 Å². The van der Waals surface area contributed by atoms with Crippen molar-refractivity contribution in [1.82, 2.24) is 5.32 Å². The normalized spacial score (nSPS) is 12.6. The van der Waals surface area contributed by atoms with Gasteiger partial charge in [0.25, 0.3) is 0 Å². The number of hydrogen-bond donors (Lipinski definition) is 3. The number of nitrogens with one attached hydrogen (secondary N) is 1. The van der Waals surface area contributed by atoms with Crippen molar-refractivity contribution in [2.75, 3.05) is 13.2 Å². The number of carbonyl (C=O) groups excluding carboxylic acids is 1. The Hall–Kier alpha value is -0.450. The van der Waals surface area contributed by atoms with Gasteiger partial charge < -0.3 is 21.0 Å². The van der Waals surface area contributed by atoms with E-state index in [-0.39, 0.29) is 12.8 Å². The molecule has 1 unspecified atom stereocenters. The van der Waals surface area contributed by atoms with Crippen LogP contribution >= 0.6 is 0 Å². The standard InChI is InChI=1S/C12H26N2O2/c13-12(8-4-3-7-11-16)14-9-5-1-2-6-10-15/h10,12,14,16H,1-9,11,13H2. The van der Waals surface area contributed by atoms with Crippen LogP contribution in [0.2, 0.25) is 0 Å². The first kappa shape index (κ1) is 15.6. The lowest BCUT2D eigenvalue weighted by atomic mass is 10.1. The van der Waals surface area contributed by atoms with Crippen molar-refractivity contribution in [3.05, 3.63) is 0 Å². The van der Waals surface area contributed by atoms with Crippen LogP contribution in [0.3, 0.4) is 0 Å². The van der Waals surface area contributed by atoms with E-state index < -0.39 is 0 Å². The summed E-state index contributed by atoms with van der Waals surface area (Å²) in [7, 11) is 0. The summed E-state index contributed by atoms with van der Waals surface area (Å²) in [5.41, 5.74) is 5.87. The maximum Gasteiger partial charge on any atom is 0.119 e. The zero-order chi connectivity index (χ0) is 12.1. The maximum absolute atomic E-state index is 10.1. The molecule has 0 aliphatic heterocycles. The molecule has 0 aliphatic carbocycles. The van der Waals surface area contributed by atoms with Crippen molar-refractivity contribution in [2.45, 2.75) is 57.5 Å². The molecule has 4 N–H and O–H groups in total. The molecular formula is C12H26N2O2. The van der Waals surface area contributed by atoms with E-state index >= 15 is 0 Å². The van der Waals surface area contributed by atoms with Gasteiger partial charge in [0.2, 0.25) is 0 Å². The number of unbranched alkanes of at least 4 members (excludes halogenated alkanes) is 5. The van der Waals surface area contributed by atoms with Crippen LogP contribution in [-0.2, 0) is 4.79 Å². The van der Waals surface area contributed by atoms with E-state index in [1.807, 2.05) is 0 Å². The summed E-state index contributed by atoms with van der Waals surface area (Å²) < 4.78 is 0. The van der Waals surface area contributed by atoms with Crippen LogP contribution in [0.25, 0.3) is 0 Å². The minimum atomic E-state index is 0.0739. The van der Waals surface area contributed by atoms with Crippen LogP contribution in [0.15, 0.2) is 0 Å². The van der Waals surface area contributed by atoms with Gasteiger partial charge in [-0.2, -0.15) is 0 Å². The summed E-state index contributed by atoms with van der Waals surface area (Å²) in [4.78, 5) is 10.1. The van der Waals surface area contributed by atoms with Crippen LogP contribution in [0.1, 0.15) is 51.4 Å². The average Bonchev–Trinajstić information content (AvgIpc) is 2.29. The molecule has 0 amide bonds. The van der Waals surface area contributed by atoms with Crippen LogP contribution < -0.4 is 11.1 Å². The van der Waals surface area contributed by atoms with Gasteiger partial charge in [-0.25, -0.2) is 0 Å². The largest absolute Gasteiger partial charge is 0.396 e. The Kier molecular flexibility index (Phi) is 12.3. The van der Waals surface area contributed by atoms with E-state index in [0.717, 1.165) is 57.8 Å². The van der Waals surface area contributed by atoms with Crippen molar-refractivity contribution >= 4 is 6.29 Å². The van der Waals surface area contributed by atoms with Crippen molar-refractivity contribution in [3.8, 4) is 0 Å². The molecule has 0 rings (SSSR count). The number of aliphatic hydroxyl groups is 1. The Labute approximate surface area is 98.6 Å². The molecule has 96 valence electrons. The first-order valence-electron chi connectivity index (χ1n) is 6.34. The molecule has 4 heteroatoms. The fourth-order valence-electron chi connectivity index (χ4n) is 1.57. The number of nitrogens with two attached hydrogens (primary N) is 1. The number of hydrogen-bond acceptors (Lipinski definition) is 4. The van der Waals surface area contributed by atoms with E-state index in [1.54, 1.807) is 0 Å². The van der Waals surface area contributed by atoms with Crippen LogP contribution in [-0.4, -0.2) is 30.7 Å². The molecule has 1 atom stereocenters. The quantitative estimate of drug-likeness (QED) is 0.267.